The minimum Gasteiger partial charge on any atom is -0.478 e. The molecular formula is C16H21NO3S. The molecule has 0 aliphatic rings. The number of rotatable bonds is 6. The summed E-state index contributed by atoms with van der Waals surface area (Å²) in [5.41, 5.74) is 2.25. The molecule has 0 saturated heterocycles. The van der Waals surface area contributed by atoms with Gasteiger partial charge in [-0.05, 0) is 49.4 Å². The van der Waals surface area contributed by atoms with E-state index < -0.39 is 5.97 Å². The van der Waals surface area contributed by atoms with Gasteiger partial charge in [0.2, 0.25) is 0 Å². The zero-order valence-electron chi connectivity index (χ0n) is 12.8. The molecule has 1 atom stereocenters. The Balaban J connectivity index is 3.00. The van der Waals surface area contributed by atoms with Gasteiger partial charge in [0.05, 0.1) is 0 Å². The van der Waals surface area contributed by atoms with E-state index >= 15 is 0 Å². The predicted octanol–water partition coefficient (Wildman–Crippen LogP) is 2.92. The summed E-state index contributed by atoms with van der Waals surface area (Å²) >= 11 is 1.70. The number of hydrogen-bond acceptors (Lipinski definition) is 3. The van der Waals surface area contributed by atoms with E-state index in [4.69, 9.17) is 5.11 Å². The SMILES string of the molecule is CSCC(C)N(C)C(=O)c1ccc(C)c(/C=C/C(=O)O)c1. The normalized spacial score (nSPS) is 12.4. The first-order chi connectivity index (χ1) is 9.86. The first-order valence-corrected chi connectivity index (χ1v) is 8.04. The molecule has 114 valence electrons. The summed E-state index contributed by atoms with van der Waals surface area (Å²) in [5, 5.41) is 8.70. The summed E-state index contributed by atoms with van der Waals surface area (Å²) in [6, 6.07) is 5.49. The summed E-state index contributed by atoms with van der Waals surface area (Å²) < 4.78 is 0. The minimum atomic E-state index is -1.00. The van der Waals surface area contributed by atoms with Crippen LogP contribution in [0.1, 0.15) is 28.4 Å². The maximum Gasteiger partial charge on any atom is 0.328 e. The second kappa shape index (κ2) is 7.88. The highest BCUT2D eigenvalue weighted by Crippen LogP contribution is 2.16. The Morgan fingerprint density at radius 1 is 1.43 bits per heavy atom. The van der Waals surface area contributed by atoms with E-state index in [2.05, 4.69) is 0 Å². The van der Waals surface area contributed by atoms with Gasteiger partial charge in [-0.1, -0.05) is 6.07 Å². The van der Waals surface area contributed by atoms with E-state index in [0.717, 1.165) is 23.0 Å². The topological polar surface area (TPSA) is 57.6 Å². The van der Waals surface area contributed by atoms with Crippen molar-refractivity contribution in [2.24, 2.45) is 0 Å². The Morgan fingerprint density at radius 2 is 2.10 bits per heavy atom. The van der Waals surface area contributed by atoms with Crippen LogP contribution in [0.3, 0.4) is 0 Å². The smallest absolute Gasteiger partial charge is 0.328 e. The van der Waals surface area contributed by atoms with E-state index in [1.165, 1.54) is 6.08 Å². The molecule has 1 aromatic rings. The fourth-order valence-electron chi connectivity index (χ4n) is 1.87. The van der Waals surface area contributed by atoms with E-state index in [1.807, 2.05) is 26.2 Å². The third kappa shape index (κ3) is 4.93. The maximum atomic E-state index is 12.4. The highest BCUT2D eigenvalue weighted by atomic mass is 32.2. The van der Waals surface area contributed by atoms with Crippen LogP contribution >= 0.6 is 11.8 Å². The Hall–Kier alpha value is -1.75. The van der Waals surface area contributed by atoms with Crippen molar-refractivity contribution in [2.75, 3.05) is 19.1 Å². The van der Waals surface area contributed by atoms with Crippen LogP contribution in [0.25, 0.3) is 6.08 Å². The molecule has 4 nitrogen and oxygen atoms in total. The molecule has 1 aromatic carbocycles. The van der Waals surface area contributed by atoms with Crippen LogP contribution in [0.4, 0.5) is 0 Å². The van der Waals surface area contributed by atoms with Crippen LogP contribution in [-0.4, -0.2) is 47.0 Å². The minimum absolute atomic E-state index is 0.0541. The van der Waals surface area contributed by atoms with Crippen LogP contribution in [0.15, 0.2) is 24.3 Å². The van der Waals surface area contributed by atoms with Gasteiger partial charge in [-0.3, -0.25) is 4.79 Å². The third-order valence-electron chi connectivity index (χ3n) is 3.32. The van der Waals surface area contributed by atoms with Crippen LogP contribution in [-0.2, 0) is 4.79 Å². The first kappa shape index (κ1) is 17.3. The molecule has 0 aromatic heterocycles. The van der Waals surface area contributed by atoms with Gasteiger partial charge in [0, 0.05) is 30.5 Å². The van der Waals surface area contributed by atoms with Gasteiger partial charge in [-0.25, -0.2) is 4.79 Å². The number of carboxylic acid groups (broad SMARTS) is 1. The lowest BCUT2D eigenvalue weighted by atomic mass is 10.0. The van der Waals surface area contributed by atoms with Crippen molar-refractivity contribution in [2.45, 2.75) is 19.9 Å². The van der Waals surface area contributed by atoms with Crippen LogP contribution in [0.2, 0.25) is 0 Å². The number of aryl methyl sites for hydroxylation is 1. The molecule has 0 spiro atoms. The zero-order chi connectivity index (χ0) is 16.0. The number of carboxylic acids is 1. The van der Waals surface area contributed by atoms with Crippen molar-refractivity contribution in [1.82, 2.24) is 4.90 Å². The monoisotopic (exact) mass is 307 g/mol. The lowest BCUT2D eigenvalue weighted by molar-refractivity contribution is -0.131. The molecule has 0 heterocycles. The number of amides is 1. The van der Waals surface area contributed by atoms with E-state index in [0.29, 0.717) is 5.56 Å². The van der Waals surface area contributed by atoms with Gasteiger partial charge in [0.1, 0.15) is 0 Å². The van der Waals surface area contributed by atoms with Gasteiger partial charge >= 0.3 is 5.97 Å². The number of thioether (sulfide) groups is 1. The van der Waals surface area contributed by atoms with Crippen molar-refractivity contribution < 1.29 is 14.7 Å². The molecule has 0 saturated carbocycles. The van der Waals surface area contributed by atoms with Gasteiger partial charge in [-0.15, -0.1) is 0 Å². The number of carbonyl (C=O) groups excluding carboxylic acids is 1. The Labute approximate surface area is 129 Å². The Kier molecular flexibility index (Phi) is 6.49. The third-order valence-corrected chi connectivity index (χ3v) is 4.14. The molecule has 21 heavy (non-hydrogen) atoms. The number of nitrogens with zero attached hydrogens (tertiary/aromatic N) is 1. The molecule has 0 radical (unpaired) electrons. The second-order valence-corrected chi connectivity index (χ2v) is 5.87. The molecule has 1 rings (SSSR count). The molecule has 0 aliphatic carbocycles. The van der Waals surface area contributed by atoms with Crippen molar-refractivity contribution in [3.63, 3.8) is 0 Å². The maximum absolute atomic E-state index is 12.4. The van der Waals surface area contributed by atoms with E-state index in [-0.39, 0.29) is 11.9 Å². The van der Waals surface area contributed by atoms with Crippen LogP contribution in [0, 0.1) is 6.92 Å². The fraction of sp³-hybridized carbons (Fsp3) is 0.375. The summed E-state index contributed by atoms with van der Waals surface area (Å²) in [6.45, 7) is 3.89. The van der Waals surface area contributed by atoms with Crippen LogP contribution in [0.5, 0.6) is 0 Å². The number of carbonyl (C=O) groups is 2. The Morgan fingerprint density at radius 3 is 2.67 bits per heavy atom. The van der Waals surface area contributed by atoms with Gasteiger partial charge < -0.3 is 10.0 Å². The first-order valence-electron chi connectivity index (χ1n) is 6.64. The van der Waals surface area contributed by atoms with E-state index in [9.17, 15) is 9.59 Å². The molecule has 0 bridgehead atoms. The fourth-order valence-corrected chi connectivity index (χ4v) is 2.58. The second-order valence-electron chi connectivity index (χ2n) is 4.96. The number of aliphatic carboxylic acids is 1. The number of benzene rings is 1. The quantitative estimate of drug-likeness (QED) is 0.821. The highest BCUT2D eigenvalue weighted by molar-refractivity contribution is 7.98. The standard InChI is InChI=1S/C16H21NO3S/c1-11-5-6-14(9-13(11)7-8-15(18)19)16(20)17(3)12(2)10-21-4/h5-9,12H,10H2,1-4H3,(H,18,19)/b8-7+. The van der Waals surface area contributed by atoms with Gasteiger partial charge in [0.15, 0.2) is 0 Å². The zero-order valence-corrected chi connectivity index (χ0v) is 13.6. The summed E-state index contributed by atoms with van der Waals surface area (Å²) in [7, 11) is 1.79. The summed E-state index contributed by atoms with van der Waals surface area (Å²) in [5.74, 6) is -0.182. The molecule has 0 aliphatic heterocycles. The molecule has 1 unspecified atom stereocenters. The average Bonchev–Trinajstić information content (AvgIpc) is 2.45. The van der Waals surface area contributed by atoms with Crippen LogP contribution < -0.4 is 0 Å². The highest BCUT2D eigenvalue weighted by Gasteiger charge is 2.17. The molecule has 1 amide bonds. The van der Waals surface area contributed by atoms with Gasteiger partial charge in [0.25, 0.3) is 5.91 Å². The predicted molar refractivity (Wildman–Crippen MR) is 87.8 cm³/mol. The Bertz CT molecular complexity index is 554. The molecule has 0 fully saturated rings. The average molecular weight is 307 g/mol. The lowest BCUT2D eigenvalue weighted by Crippen LogP contribution is -2.36. The largest absolute Gasteiger partial charge is 0.478 e. The van der Waals surface area contributed by atoms with Crippen molar-refractivity contribution in [3.05, 3.63) is 41.0 Å². The van der Waals surface area contributed by atoms with Gasteiger partial charge in [-0.2, -0.15) is 11.8 Å². The molecule has 1 N–H and O–H groups in total. The molecule has 5 heteroatoms. The van der Waals surface area contributed by atoms with Crippen molar-refractivity contribution in [3.8, 4) is 0 Å². The summed E-state index contributed by atoms with van der Waals surface area (Å²) in [6.07, 6.45) is 4.60. The van der Waals surface area contributed by atoms with Crippen molar-refractivity contribution in [1.29, 1.82) is 0 Å². The lowest BCUT2D eigenvalue weighted by Gasteiger charge is -2.24. The van der Waals surface area contributed by atoms with Crippen molar-refractivity contribution >= 4 is 29.7 Å². The molecular weight excluding hydrogens is 286 g/mol. The van der Waals surface area contributed by atoms with E-state index in [1.54, 1.807) is 35.8 Å². The number of hydrogen-bond donors (Lipinski definition) is 1. The summed E-state index contributed by atoms with van der Waals surface area (Å²) in [4.78, 5) is 24.8.